The summed E-state index contributed by atoms with van der Waals surface area (Å²) in [7, 11) is 0. The first-order valence-electron chi connectivity index (χ1n) is 6.29. The first-order chi connectivity index (χ1) is 9.49. The summed E-state index contributed by atoms with van der Waals surface area (Å²) in [5, 5.41) is 12.9. The minimum atomic E-state index is -1.09. The van der Waals surface area contributed by atoms with Gasteiger partial charge in [-0.15, -0.1) is 0 Å². The number of aromatic carboxylic acids is 1. The van der Waals surface area contributed by atoms with E-state index in [1.807, 2.05) is 0 Å². The molecule has 0 aliphatic carbocycles. The van der Waals surface area contributed by atoms with E-state index in [1.165, 1.54) is 10.9 Å². The fraction of sp³-hybridized carbons (Fsp3) is 0.286. The lowest BCUT2D eigenvalue weighted by Crippen LogP contribution is -2.06. The number of ether oxygens (including phenoxy) is 1. The Morgan fingerprint density at radius 3 is 2.55 bits per heavy atom. The zero-order valence-electron chi connectivity index (χ0n) is 11.4. The lowest BCUT2D eigenvalue weighted by atomic mass is 10.2. The maximum absolute atomic E-state index is 10.9. The van der Waals surface area contributed by atoms with Crippen LogP contribution in [0, 0.1) is 5.92 Å². The van der Waals surface area contributed by atoms with Gasteiger partial charge in [-0.1, -0.05) is 13.8 Å². The Hall–Kier alpha value is -2.50. The van der Waals surface area contributed by atoms with Crippen molar-refractivity contribution in [2.45, 2.75) is 13.8 Å². The standard InChI is InChI=1S/C14H17N3O3/c1-9(2)8-20-11-5-3-10(4-6-11)17-13(15)12(7-16-17)14(18)19/h3-7,9H,8,15H2,1-2H3,(H,18,19). The molecule has 0 amide bonds. The first-order valence-corrected chi connectivity index (χ1v) is 6.29. The predicted octanol–water partition coefficient (Wildman–Crippen LogP) is 2.19. The Kier molecular flexibility index (Phi) is 3.93. The summed E-state index contributed by atoms with van der Waals surface area (Å²) in [5.41, 5.74) is 6.44. The van der Waals surface area contributed by atoms with E-state index >= 15 is 0 Å². The van der Waals surface area contributed by atoms with Gasteiger partial charge in [0.15, 0.2) is 0 Å². The molecule has 106 valence electrons. The number of carboxylic acids is 1. The molecule has 0 aliphatic heterocycles. The molecule has 0 radical (unpaired) electrons. The van der Waals surface area contributed by atoms with E-state index in [4.69, 9.17) is 15.6 Å². The molecule has 1 aromatic carbocycles. The third-order valence-corrected chi connectivity index (χ3v) is 2.70. The number of benzene rings is 1. The number of aromatic nitrogens is 2. The zero-order valence-corrected chi connectivity index (χ0v) is 11.4. The number of hydrogen-bond acceptors (Lipinski definition) is 4. The molecule has 0 fully saturated rings. The lowest BCUT2D eigenvalue weighted by molar-refractivity contribution is 0.0698. The summed E-state index contributed by atoms with van der Waals surface area (Å²) in [6.45, 7) is 4.80. The summed E-state index contributed by atoms with van der Waals surface area (Å²) >= 11 is 0. The molecule has 1 aromatic heterocycles. The molecule has 1 heterocycles. The van der Waals surface area contributed by atoms with E-state index in [2.05, 4.69) is 18.9 Å². The number of nitrogens with zero attached hydrogens (tertiary/aromatic N) is 2. The van der Waals surface area contributed by atoms with Gasteiger partial charge in [0.25, 0.3) is 0 Å². The van der Waals surface area contributed by atoms with Gasteiger partial charge in [0, 0.05) is 0 Å². The van der Waals surface area contributed by atoms with Crippen LogP contribution in [0.4, 0.5) is 5.82 Å². The van der Waals surface area contributed by atoms with Crippen molar-refractivity contribution >= 4 is 11.8 Å². The van der Waals surface area contributed by atoms with Crippen molar-refractivity contribution in [2.75, 3.05) is 12.3 Å². The van der Waals surface area contributed by atoms with Crippen LogP contribution < -0.4 is 10.5 Å². The Morgan fingerprint density at radius 1 is 1.40 bits per heavy atom. The van der Waals surface area contributed by atoms with Gasteiger partial charge in [0.1, 0.15) is 17.1 Å². The second kappa shape index (κ2) is 5.64. The normalized spacial score (nSPS) is 10.8. The molecule has 0 spiro atoms. The minimum absolute atomic E-state index is 0.00913. The summed E-state index contributed by atoms with van der Waals surface area (Å²) in [6.07, 6.45) is 1.24. The van der Waals surface area contributed by atoms with E-state index in [-0.39, 0.29) is 11.4 Å². The van der Waals surface area contributed by atoms with E-state index in [1.54, 1.807) is 24.3 Å². The summed E-state index contributed by atoms with van der Waals surface area (Å²) in [6, 6.07) is 7.17. The Bertz CT molecular complexity index is 603. The monoisotopic (exact) mass is 275 g/mol. The van der Waals surface area contributed by atoms with Crippen LogP contribution in [0.5, 0.6) is 5.75 Å². The molecule has 3 N–H and O–H groups in total. The second-order valence-electron chi connectivity index (χ2n) is 4.86. The van der Waals surface area contributed by atoms with Crippen molar-refractivity contribution in [1.29, 1.82) is 0 Å². The second-order valence-corrected chi connectivity index (χ2v) is 4.86. The fourth-order valence-electron chi connectivity index (χ4n) is 1.67. The molecule has 6 nitrogen and oxygen atoms in total. The van der Waals surface area contributed by atoms with E-state index in [9.17, 15) is 4.79 Å². The van der Waals surface area contributed by atoms with Crippen LogP contribution in [0.1, 0.15) is 24.2 Å². The number of rotatable bonds is 5. The van der Waals surface area contributed by atoms with E-state index < -0.39 is 5.97 Å². The molecule has 0 bridgehead atoms. The van der Waals surface area contributed by atoms with Crippen LogP contribution in [0.3, 0.4) is 0 Å². The van der Waals surface area contributed by atoms with E-state index in [0.717, 1.165) is 5.75 Å². The summed E-state index contributed by atoms with van der Waals surface area (Å²) < 4.78 is 6.96. The van der Waals surface area contributed by atoms with E-state index in [0.29, 0.717) is 18.2 Å². The number of nitrogen functional groups attached to an aromatic ring is 1. The topological polar surface area (TPSA) is 90.4 Å². The third-order valence-electron chi connectivity index (χ3n) is 2.70. The van der Waals surface area contributed by atoms with Crippen LogP contribution in [0.2, 0.25) is 0 Å². The van der Waals surface area contributed by atoms with Gasteiger partial charge in [0.2, 0.25) is 0 Å². The highest BCUT2D eigenvalue weighted by atomic mass is 16.5. The highest BCUT2D eigenvalue weighted by molar-refractivity contribution is 5.92. The highest BCUT2D eigenvalue weighted by Crippen LogP contribution is 2.20. The number of anilines is 1. The molecule has 0 saturated heterocycles. The molecule has 2 rings (SSSR count). The smallest absolute Gasteiger partial charge is 0.341 e. The molecule has 0 aliphatic rings. The van der Waals surface area contributed by atoms with Crippen LogP contribution in [0.25, 0.3) is 5.69 Å². The van der Waals surface area contributed by atoms with Gasteiger partial charge >= 0.3 is 5.97 Å². The molecular weight excluding hydrogens is 258 g/mol. The molecule has 20 heavy (non-hydrogen) atoms. The van der Waals surface area contributed by atoms with Gasteiger partial charge in [-0.2, -0.15) is 5.10 Å². The SMILES string of the molecule is CC(C)COc1ccc(-n2ncc(C(=O)O)c2N)cc1. The molecule has 0 unspecified atom stereocenters. The van der Waals surface area contributed by atoms with Gasteiger partial charge in [-0.3, -0.25) is 0 Å². The molecule has 0 atom stereocenters. The van der Waals surface area contributed by atoms with Crippen molar-refractivity contribution in [3.63, 3.8) is 0 Å². The number of nitrogens with two attached hydrogens (primary N) is 1. The Labute approximate surface area is 116 Å². The van der Waals surface area contributed by atoms with Crippen LogP contribution >= 0.6 is 0 Å². The van der Waals surface area contributed by atoms with Crippen molar-refractivity contribution in [2.24, 2.45) is 5.92 Å². The first kappa shape index (κ1) is 13.9. The van der Waals surface area contributed by atoms with Gasteiger partial charge in [-0.05, 0) is 30.2 Å². The lowest BCUT2D eigenvalue weighted by Gasteiger charge is -2.09. The average molecular weight is 275 g/mol. The molecular formula is C14H17N3O3. The largest absolute Gasteiger partial charge is 0.493 e. The number of carbonyl (C=O) groups is 1. The Morgan fingerprint density at radius 2 is 2.05 bits per heavy atom. The summed E-state index contributed by atoms with van der Waals surface area (Å²) in [4.78, 5) is 10.9. The predicted molar refractivity (Wildman–Crippen MR) is 75.3 cm³/mol. The minimum Gasteiger partial charge on any atom is -0.493 e. The Balaban J connectivity index is 2.20. The maximum atomic E-state index is 10.9. The van der Waals surface area contributed by atoms with Crippen molar-refractivity contribution in [3.8, 4) is 11.4 Å². The van der Waals surface area contributed by atoms with Gasteiger partial charge in [0.05, 0.1) is 18.5 Å². The quantitative estimate of drug-likeness (QED) is 0.872. The maximum Gasteiger partial charge on any atom is 0.341 e. The van der Waals surface area contributed by atoms with Crippen LogP contribution in [-0.2, 0) is 0 Å². The van der Waals surface area contributed by atoms with Crippen LogP contribution in [-0.4, -0.2) is 27.5 Å². The molecule has 6 heteroatoms. The zero-order chi connectivity index (χ0) is 14.7. The fourth-order valence-corrected chi connectivity index (χ4v) is 1.67. The molecule has 0 saturated carbocycles. The highest BCUT2D eigenvalue weighted by Gasteiger charge is 2.14. The van der Waals surface area contributed by atoms with Gasteiger partial charge < -0.3 is 15.6 Å². The van der Waals surface area contributed by atoms with Crippen molar-refractivity contribution < 1.29 is 14.6 Å². The van der Waals surface area contributed by atoms with Crippen molar-refractivity contribution in [3.05, 3.63) is 36.0 Å². The third kappa shape index (κ3) is 2.90. The number of carboxylic acid groups (broad SMARTS) is 1. The van der Waals surface area contributed by atoms with Gasteiger partial charge in [-0.25, -0.2) is 9.48 Å². The molecule has 2 aromatic rings. The average Bonchev–Trinajstić information content (AvgIpc) is 2.79. The van der Waals surface area contributed by atoms with Crippen molar-refractivity contribution in [1.82, 2.24) is 9.78 Å². The number of hydrogen-bond donors (Lipinski definition) is 2. The van der Waals surface area contributed by atoms with Crippen LogP contribution in [0.15, 0.2) is 30.5 Å². The summed E-state index contributed by atoms with van der Waals surface area (Å²) in [5.74, 6) is 0.222.